The van der Waals surface area contributed by atoms with E-state index < -0.39 is 11.5 Å². The minimum atomic E-state index is -0.920. The topological polar surface area (TPSA) is 66.4 Å². The molecule has 0 radical (unpaired) electrons. The first-order valence-electron chi connectivity index (χ1n) is 6.64. The van der Waals surface area contributed by atoms with Crippen LogP contribution in [0.15, 0.2) is 12.1 Å². The highest BCUT2D eigenvalue weighted by Gasteiger charge is 2.40. The summed E-state index contributed by atoms with van der Waals surface area (Å²) < 4.78 is 13.6. The average Bonchev–Trinajstić information content (AvgIpc) is 2.31. The lowest BCUT2D eigenvalue weighted by Gasteiger charge is -2.41. The molecule has 0 spiro atoms. The van der Waals surface area contributed by atoms with Crippen molar-refractivity contribution in [3.63, 3.8) is 0 Å². The van der Waals surface area contributed by atoms with E-state index in [1.165, 1.54) is 12.1 Å². The Morgan fingerprint density at radius 2 is 1.85 bits per heavy atom. The summed E-state index contributed by atoms with van der Waals surface area (Å²) in [6, 6.07) is 2.98. The van der Waals surface area contributed by atoms with Crippen molar-refractivity contribution in [2.45, 2.75) is 45.1 Å². The number of carboxylic acids is 1. The van der Waals surface area contributed by atoms with Gasteiger partial charge in [0.15, 0.2) is 0 Å². The molecule has 20 heavy (non-hydrogen) atoms. The van der Waals surface area contributed by atoms with Gasteiger partial charge in [-0.05, 0) is 56.4 Å². The fourth-order valence-electron chi connectivity index (χ4n) is 2.63. The van der Waals surface area contributed by atoms with Crippen molar-refractivity contribution >= 4 is 11.9 Å². The number of aliphatic carboxylic acids is 1. The third-order valence-corrected chi connectivity index (χ3v) is 3.88. The van der Waals surface area contributed by atoms with Crippen LogP contribution in [0, 0.1) is 19.7 Å². The minimum Gasteiger partial charge on any atom is -0.481 e. The van der Waals surface area contributed by atoms with E-state index in [0.29, 0.717) is 29.5 Å². The first-order chi connectivity index (χ1) is 9.33. The summed E-state index contributed by atoms with van der Waals surface area (Å²) in [5.74, 6) is -1.57. The van der Waals surface area contributed by atoms with Crippen LogP contribution in [-0.4, -0.2) is 22.5 Å². The highest BCUT2D eigenvalue weighted by Crippen LogP contribution is 2.35. The summed E-state index contributed by atoms with van der Waals surface area (Å²) in [7, 11) is 0. The van der Waals surface area contributed by atoms with Gasteiger partial charge in [-0.3, -0.25) is 9.59 Å². The second-order valence-electron chi connectivity index (χ2n) is 5.58. The molecule has 1 fully saturated rings. The number of carbonyl (C=O) groups excluding carboxylic acids is 1. The van der Waals surface area contributed by atoms with Gasteiger partial charge in [0.1, 0.15) is 5.82 Å². The third-order valence-electron chi connectivity index (χ3n) is 3.88. The Kier molecular flexibility index (Phi) is 3.79. The van der Waals surface area contributed by atoms with Gasteiger partial charge in [-0.25, -0.2) is 4.39 Å². The smallest absolute Gasteiger partial charge is 0.305 e. The van der Waals surface area contributed by atoms with Crippen molar-refractivity contribution in [3.8, 4) is 0 Å². The monoisotopic (exact) mass is 279 g/mol. The standard InChI is InChI=1S/C15H18FNO3/c1-9-6-11(7-10(2)13(9)16)14(20)17-15(4-3-5-15)8-12(18)19/h6-7H,3-5,8H2,1-2H3,(H,17,20)(H,18,19). The summed E-state index contributed by atoms with van der Waals surface area (Å²) in [4.78, 5) is 23.1. The highest BCUT2D eigenvalue weighted by molar-refractivity contribution is 5.95. The third kappa shape index (κ3) is 2.81. The maximum absolute atomic E-state index is 13.6. The van der Waals surface area contributed by atoms with Crippen LogP contribution in [0.25, 0.3) is 0 Å². The molecule has 1 aromatic carbocycles. The lowest BCUT2D eigenvalue weighted by molar-refractivity contribution is -0.139. The summed E-state index contributed by atoms with van der Waals surface area (Å²) >= 11 is 0. The zero-order chi connectivity index (χ0) is 14.9. The van der Waals surface area contributed by atoms with Crippen LogP contribution in [0.3, 0.4) is 0 Å². The van der Waals surface area contributed by atoms with Gasteiger partial charge in [0.2, 0.25) is 0 Å². The zero-order valence-electron chi connectivity index (χ0n) is 11.6. The SMILES string of the molecule is Cc1cc(C(=O)NC2(CC(=O)O)CCC2)cc(C)c1F. The fraction of sp³-hybridized carbons (Fsp3) is 0.467. The van der Waals surface area contributed by atoms with E-state index in [9.17, 15) is 14.0 Å². The minimum absolute atomic E-state index is 0.0715. The predicted molar refractivity (Wildman–Crippen MR) is 72.2 cm³/mol. The van der Waals surface area contributed by atoms with E-state index in [0.717, 1.165) is 6.42 Å². The van der Waals surface area contributed by atoms with E-state index in [1.807, 2.05) is 0 Å². The van der Waals surface area contributed by atoms with Crippen molar-refractivity contribution in [1.82, 2.24) is 5.32 Å². The molecule has 0 saturated heterocycles. The fourth-order valence-corrected chi connectivity index (χ4v) is 2.63. The maximum atomic E-state index is 13.6. The van der Waals surface area contributed by atoms with Crippen LogP contribution >= 0.6 is 0 Å². The normalized spacial score (nSPS) is 16.4. The average molecular weight is 279 g/mol. The molecule has 1 saturated carbocycles. The van der Waals surface area contributed by atoms with Crippen LogP contribution < -0.4 is 5.32 Å². The molecule has 4 nitrogen and oxygen atoms in total. The van der Waals surface area contributed by atoms with Gasteiger partial charge < -0.3 is 10.4 Å². The predicted octanol–water partition coefficient (Wildman–Crippen LogP) is 2.57. The molecule has 5 heteroatoms. The molecule has 2 rings (SSSR count). The number of amides is 1. The Bertz CT molecular complexity index is 541. The molecule has 2 N–H and O–H groups in total. The molecule has 0 heterocycles. The van der Waals surface area contributed by atoms with Gasteiger partial charge in [0.05, 0.1) is 12.0 Å². The number of nitrogens with one attached hydrogen (secondary N) is 1. The number of carbonyl (C=O) groups is 2. The molecule has 0 aromatic heterocycles. The maximum Gasteiger partial charge on any atom is 0.305 e. The van der Waals surface area contributed by atoms with Crippen molar-refractivity contribution in [1.29, 1.82) is 0 Å². The number of benzene rings is 1. The van der Waals surface area contributed by atoms with Crippen LogP contribution in [0.1, 0.15) is 47.2 Å². The van der Waals surface area contributed by atoms with Gasteiger partial charge in [0.25, 0.3) is 5.91 Å². The Balaban J connectivity index is 2.17. The van der Waals surface area contributed by atoms with E-state index in [2.05, 4.69) is 5.32 Å². The molecule has 0 bridgehead atoms. The van der Waals surface area contributed by atoms with Gasteiger partial charge in [0, 0.05) is 5.56 Å². The van der Waals surface area contributed by atoms with Crippen molar-refractivity contribution < 1.29 is 19.1 Å². The van der Waals surface area contributed by atoms with E-state index in [-0.39, 0.29) is 18.1 Å². The number of hydrogen-bond acceptors (Lipinski definition) is 2. The zero-order valence-corrected chi connectivity index (χ0v) is 11.6. The molecule has 0 atom stereocenters. The largest absolute Gasteiger partial charge is 0.481 e. The Labute approximate surface area is 117 Å². The van der Waals surface area contributed by atoms with E-state index in [1.54, 1.807) is 13.8 Å². The number of halogens is 1. The second-order valence-corrected chi connectivity index (χ2v) is 5.58. The molecule has 1 aromatic rings. The second kappa shape index (κ2) is 5.23. The molecule has 108 valence electrons. The van der Waals surface area contributed by atoms with Crippen LogP contribution in [0.2, 0.25) is 0 Å². The van der Waals surface area contributed by atoms with Crippen LogP contribution in [0.4, 0.5) is 4.39 Å². The van der Waals surface area contributed by atoms with Gasteiger partial charge in [-0.15, -0.1) is 0 Å². The van der Waals surface area contributed by atoms with Gasteiger partial charge >= 0.3 is 5.97 Å². The summed E-state index contributed by atoms with van der Waals surface area (Å²) in [6.45, 7) is 3.21. The number of rotatable bonds is 4. The lowest BCUT2D eigenvalue weighted by atomic mass is 9.74. The first kappa shape index (κ1) is 14.5. The van der Waals surface area contributed by atoms with Gasteiger partial charge in [-0.1, -0.05) is 0 Å². The Morgan fingerprint density at radius 3 is 2.25 bits per heavy atom. The lowest BCUT2D eigenvalue weighted by Crippen LogP contribution is -2.54. The Morgan fingerprint density at radius 1 is 1.30 bits per heavy atom. The first-order valence-corrected chi connectivity index (χ1v) is 6.64. The number of carboxylic acid groups (broad SMARTS) is 1. The quantitative estimate of drug-likeness (QED) is 0.890. The van der Waals surface area contributed by atoms with Crippen LogP contribution in [-0.2, 0) is 4.79 Å². The Hall–Kier alpha value is -1.91. The molecular weight excluding hydrogens is 261 g/mol. The molecule has 0 aliphatic heterocycles. The van der Waals surface area contributed by atoms with Crippen molar-refractivity contribution in [2.24, 2.45) is 0 Å². The molecule has 1 aliphatic carbocycles. The number of hydrogen-bond donors (Lipinski definition) is 2. The van der Waals surface area contributed by atoms with E-state index in [4.69, 9.17) is 5.11 Å². The summed E-state index contributed by atoms with van der Waals surface area (Å²) in [6.07, 6.45) is 2.18. The van der Waals surface area contributed by atoms with E-state index >= 15 is 0 Å². The molecular formula is C15H18FNO3. The molecule has 0 unspecified atom stereocenters. The molecule has 1 amide bonds. The summed E-state index contributed by atoms with van der Waals surface area (Å²) in [5.41, 5.74) is 0.559. The summed E-state index contributed by atoms with van der Waals surface area (Å²) in [5, 5.41) is 11.7. The van der Waals surface area contributed by atoms with Crippen LogP contribution in [0.5, 0.6) is 0 Å². The van der Waals surface area contributed by atoms with Crippen molar-refractivity contribution in [2.75, 3.05) is 0 Å². The highest BCUT2D eigenvalue weighted by atomic mass is 19.1. The van der Waals surface area contributed by atoms with Crippen molar-refractivity contribution in [3.05, 3.63) is 34.6 Å². The van der Waals surface area contributed by atoms with Gasteiger partial charge in [-0.2, -0.15) is 0 Å². The number of aryl methyl sites for hydroxylation is 2. The molecule has 1 aliphatic rings.